The summed E-state index contributed by atoms with van der Waals surface area (Å²) in [4.78, 5) is 1.23. The molecule has 0 aliphatic rings. The molecule has 0 bridgehead atoms. The molecule has 0 aliphatic heterocycles. The van der Waals surface area contributed by atoms with Gasteiger partial charge in [-0.25, -0.2) is 0 Å². The molecule has 3 rings (SSSR count). The molecule has 2 aromatic carbocycles. The first kappa shape index (κ1) is 13.2. The van der Waals surface area contributed by atoms with Crippen molar-refractivity contribution in [3.8, 4) is 5.75 Å². The van der Waals surface area contributed by atoms with E-state index in [9.17, 15) is 0 Å². The summed E-state index contributed by atoms with van der Waals surface area (Å²) in [6.07, 6.45) is 0.856. The van der Waals surface area contributed by atoms with Crippen molar-refractivity contribution in [2.45, 2.75) is 12.5 Å². The fourth-order valence-corrected chi connectivity index (χ4v) is 3.13. The van der Waals surface area contributed by atoms with Gasteiger partial charge in [0.2, 0.25) is 0 Å². The number of rotatable bonds is 5. The van der Waals surface area contributed by atoms with E-state index in [-0.39, 0.29) is 6.10 Å². The summed E-state index contributed by atoms with van der Waals surface area (Å²) < 4.78 is 6.24. The molecule has 1 atom stereocenters. The van der Waals surface area contributed by atoms with E-state index in [4.69, 9.17) is 10.5 Å². The monoisotopic (exact) mass is 283 g/mol. The third kappa shape index (κ3) is 2.69. The van der Waals surface area contributed by atoms with Gasteiger partial charge in [0.25, 0.3) is 0 Å². The van der Waals surface area contributed by atoms with Crippen molar-refractivity contribution < 1.29 is 4.74 Å². The Kier molecular flexibility index (Phi) is 4.00. The van der Waals surface area contributed by atoms with Gasteiger partial charge in [0.15, 0.2) is 0 Å². The molecule has 20 heavy (non-hydrogen) atoms. The molecule has 0 aliphatic carbocycles. The van der Waals surface area contributed by atoms with E-state index in [0.717, 1.165) is 17.6 Å². The smallest absolute Gasteiger partial charge is 0.134 e. The van der Waals surface area contributed by atoms with Crippen LogP contribution in [0.3, 0.4) is 0 Å². The van der Waals surface area contributed by atoms with Crippen LogP contribution < -0.4 is 10.5 Å². The summed E-state index contributed by atoms with van der Waals surface area (Å²) in [5, 5.41) is 4.42. The molecule has 3 aromatic rings. The lowest BCUT2D eigenvalue weighted by Crippen LogP contribution is -2.12. The fraction of sp³-hybridized carbons (Fsp3) is 0.176. The van der Waals surface area contributed by atoms with Crippen LogP contribution in [0, 0.1) is 0 Å². The Morgan fingerprint density at radius 1 is 1.00 bits per heavy atom. The minimum Gasteiger partial charge on any atom is -0.484 e. The number of benzene rings is 2. The van der Waals surface area contributed by atoms with Gasteiger partial charge < -0.3 is 10.5 Å². The maximum Gasteiger partial charge on any atom is 0.134 e. The van der Waals surface area contributed by atoms with Crippen LogP contribution in [-0.2, 0) is 0 Å². The first-order chi connectivity index (χ1) is 9.88. The molecule has 0 unspecified atom stereocenters. The molecule has 2 N–H and O–H groups in total. The van der Waals surface area contributed by atoms with Crippen molar-refractivity contribution in [3.05, 3.63) is 64.9 Å². The topological polar surface area (TPSA) is 35.2 Å². The molecule has 0 amide bonds. The zero-order chi connectivity index (χ0) is 13.8. The van der Waals surface area contributed by atoms with Crippen molar-refractivity contribution in [2.75, 3.05) is 6.54 Å². The minimum absolute atomic E-state index is 0.0332. The van der Waals surface area contributed by atoms with Crippen molar-refractivity contribution in [3.63, 3.8) is 0 Å². The number of hydrogen-bond donors (Lipinski definition) is 1. The first-order valence-corrected chi connectivity index (χ1v) is 7.64. The van der Waals surface area contributed by atoms with Crippen LogP contribution >= 0.6 is 11.3 Å². The summed E-state index contributed by atoms with van der Waals surface area (Å²) >= 11 is 1.72. The minimum atomic E-state index is 0.0332. The van der Waals surface area contributed by atoms with Gasteiger partial charge in [-0.15, -0.1) is 11.3 Å². The quantitative estimate of drug-likeness (QED) is 0.754. The normalized spacial score (nSPS) is 12.4. The largest absolute Gasteiger partial charge is 0.484 e. The lowest BCUT2D eigenvalue weighted by Gasteiger charge is -2.18. The maximum atomic E-state index is 6.24. The van der Waals surface area contributed by atoms with Crippen molar-refractivity contribution in [2.24, 2.45) is 5.73 Å². The summed E-state index contributed by atoms with van der Waals surface area (Å²) in [6, 6.07) is 18.6. The average Bonchev–Trinajstić information content (AvgIpc) is 3.01. The van der Waals surface area contributed by atoms with Crippen LogP contribution in [0.1, 0.15) is 17.4 Å². The lowest BCUT2D eigenvalue weighted by molar-refractivity contribution is 0.204. The standard InChI is InChI=1S/C17H17NOS/c18-11-10-16(17-9-4-12-20-17)19-15-8-3-6-13-5-1-2-7-14(13)15/h1-9,12,16H,10-11,18H2/t16-/m0/s1. The molecule has 2 nitrogen and oxygen atoms in total. The molecular formula is C17H17NOS. The van der Waals surface area contributed by atoms with Gasteiger partial charge in [0.1, 0.15) is 11.9 Å². The van der Waals surface area contributed by atoms with Crippen LogP contribution in [-0.4, -0.2) is 6.54 Å². The molecule has 0 spiro atoms. The Morgan fingerprint density at radius 2 is 1.85 bits per heavy atom. The third-order valence-corrected chi connectivity index (χ3v) is 4.27. The Bertz CT molecular complexity index is 673. The molecule has 0 saturated carbocycles. The van der Waals surface area contributed by atoms with Crippen molar-refractivity contribution in [1.29, 1.82) is 0 Å². The Labute approximate surface area is 122 Å². The molecule has 1 heterocycles. The predicted octanol–water partition coefficient (Wildman–Crippen LogP) is 4.37. The number of thiophene rings is 1. The van der Waals surface area contributed by atoms with Crippen molar-refractivity contribution in [1.82, 2.24) is 0 Å². The van der Waals surface area contributed by atoms with Gasteiger partial charge >= 0.3 is 0 Å². The van der Waals surface area contributed by atoms with E-state index in [1.54, 1.807) is 11.3 Å². The molecule has 0 fully saturated rings. The summed E-state index contributed by atoms with van der Waals surface area (Å²) in [5.41, 5.74) is 5.73. The van der Waals surface area contributed by atoms with Gasteiger partial charge in [0, 0.05) is 16.7 Å². The van der Waals surface area contributed by atoms with Crippen LogP contribution in [0.4, 0.5) is 0 Å². The van der Waals surface area contributed by atoms with E-state index >= 15 is 0 Å². The predicted molar refractivity (Wildman–Crippen MR) is 85.3 cm³/mol. The Balaban J connectivity index is 1.94. The summed E-state index contributed by atoms with van der Waals surface area (Å²) in [7, 11) is 0. The second kappa shape index (κ2) is 6.07. The zero-order valence-electron chi connectivity index (χ0n) is 11.2. The van der Waals surface area contributed by atoms with Gasteiger partial charge in [0.05, 0.1) is 0 Å². The van der Waals surface area contributed by atoms with Gasteiger partial charge in [-0.05, 0) is 29.4 Å². The zero-order valence-corrected chi connectivity index (χ0v) is 12.0. The number of fused-ring (bicyclic) bond motifs is 1. The maximum absolute atomic E-state index is 6.24. The molecule has 0 radical (unpaired) electrons. The van der Waals surface area contributed by atoms with E-state index in [1.807, 2.05) is 24.3 Å². The van der Waals surface area contributed by atoms with Gasteiger partial charge in [-0.2, -0.15) is 0 Å². The second-order valence-corrected chi connectivity index (χ2v) is 5.66. The summed E-state index contributed by atoms with van der Waals surface area (Å²) in [6.45, 7) is 0.618. The van der Waals surface area contributed by atoms with Gasteiger partial charge in [-0.1, -0.05) is 42.5 Å². The SMILES string of the molecule is NCC[C@H](Oc1cccc2ccccc12)c1cccs1. The number of hydrogen-bond acceptors (Lipinski definition) is 3. The molecule has 3 heteroatoms. The fourth-order valence-electron chi connectivity index (χ4n) is 2.34. The lowest BCUT2D eigenvalue weighted by atomic mass is 10.1. The number of nitrogens with two attached hydrogens (primary N) is 1. The highest BCUT2D eigenvalue weighted by molar-refractivity contribution is 7.10. The highest BCUT2D eigenvalue weighted by atomic mass is 32.1. The van der Waals surface area contributed by atoms with Crippen molar-refractivity contribution >= 4 is 22.1 Å². The van der Waals surface area contributed by atoms with E-state index in [1.165, 1.54) is 10.3 Å². The number of ether oxygens (including phenoxy) is 1. The highest BCUT2D eigenvalue weighted by Gasteiger charge is 2.14. The van der Waals surface area contributed by atoms with Crippen LogP contribution in [0.15, 0.2) is 60.0 Å². The Hall–Kier alpha value is -1.84. The van der Waals surface area contributed by atoms with E-state index in [0.29, 0.717) is 6.54 Å². The molecular weight excluding hydrogens is 266 g/mol. The average molecular weight is 283 g/mol. The first-order valence-electron chi connectivity index (χ1n) is 6.76. The van der Waals surface area contributed by atoms with Gasteiger partial charge in [-0.3, -0.25) is 0 Å². The van der Waals surface area contributed by atoms with Crippen LogP contribution in [0.5, 0.6) is 5.75 Å². The highest BCUT2D eigenvalue weighted by Crippen LogP contribution is 2.32. The van der Waals surface area contributed by atoms with E-state index in [2.05, 4.69) is 35.7 Å². The Morgan fingerprint density at radius 3 is 2.65 bits per heavy atom. The summed E-state index contributed by atoms with van der Waals surface area (Å²) in [5.74, 6) is 0.926. The van der Waals surface area contributed by atoms with E-state index < -0.39 is 0 Å². The van der Waals surface area contributed by atoms with Crippen LogP contribution in [0.2, 0.25) is 0 Å². The molecule has 1 aromatic heterocycles. The van der Waals surface area contributed by atoms with Crippen LogP contribution in [0.25, 0.3) is 10.8 Å². The molecule has 102 valence electrons. The second-order valence-electron chi connectivity index (χ2n) is 4.68. The molecule has 0 saturated heterocycles. The third-order valence-electron chi connectivity index (χ3n) is 3.31.